The lowest BCUT2D eigenvalue weighted by Crippen LogP contribution is -2.52. The Balaban J connectivity index is 4.89. The molecule has 0 heterocycles. The van der Waals surface area contributed by atoms with Crippen molar-refractivity contribution in [3.63, 3.8) is 0 Å². The van der Waals surface area contributed by atoms with Gasteiger partial charge in [0.25, 0.3) is 0 Å². The van der Waals surface area contributed by atoms with Gasteiger partial charge in [-0.25, -0.2) is 0 Å². The zero-order chi connectivity index (χ0) is 17.6. The molecule has 136 valence electrons. The summed E-state index contributed by atoms with van der Waals surface area (Å²) in [7, 11) is 0. The number of quaternary nitrogens is 1. The topological polar surface area (TPSA) is 60.4 Å². The highest BCUT2D eigenvalue weighted by Gasteiger charge is 2.27. The fourth-order valence-electron chi connectivity index (χ4n) is 2.96. The summed E-state index contributed by atoms with van der Waals surface area (Å²) in [6.07, 6.45) is 10.6. The largest absolute Gasteiger partial charge is 0.550 e. The highest BCUT2D eigenvalue weighted by Crippen LogP contribution is 2.17. The van der Waals surface area contributed by atoms with E-state index in [1.807, 2.05) is 6.08 Å². The number of hydrogen-bond donors (Lipinski definition) is 1. The van der Waals surface area contributed by atoms with Crippen LogP contribution < -0.4 is 5.11 Å². The molecule has 0 bridgehead atoms. The van der Waals surface area contributed by atoms with Gasteiger partial charge in [-0.3, -0.25) is 0 Å². The van der Waals surface area contributed by atoms with E-state index in [1.54, 1.807) is 0 Å². The lowest BCUT2D eigenvalue weighted by atomic mass is 10.1. The minimum atomic E-state index is -0.994. The summed E-state index contributed by atoms with van der Waals surface area (Å²) < 4.78 is 0.672. The molecule has 4 nitrogen and oxygen atoms in total. The van der Waals surface area contributed by atoms with E-state index in [0.29, 0.717) is 23.3 Å². The summed E-state index contributed by atoms with van der Waals surface area (Å²) in [5.41, 5.74) is 0. The highest BCUT2D eigenvalue weighted by atomic mass is 16.4. The average Bonchev–Trinajstić information content (AvgIpc) is 2.53. The highest BCUT2D eigenvalue weighted by molar-refractivity contribution is 5.64. The maximum absolute atomic E-state index is 10.9. The van der Waals surface area contributed by atoms with Gasteiger partial charge < -0.3 is 19.5 Å². The molecule has 0 atom stereocenters. The molecule has 0 fully saturated rings. The first kappa shape index (κ1) is 22.0. The van der Waals surface area contributed by atoms with Crippen LogP contribution in [0.5, 0.6) is 0 Å². The molecule has 0 aromatic carbocycles. The van der Waals surface area contributed by atoms with Crippen LogP contribution in [0, 0.1) is 0 Å². The predicted molar refractivity (Wildman–Crippen MR) is 94.0 cm³/mol. The minimum Gasteiger partial charge on any atom is -0.550 e. The Morgan fingerprint density at radius 3 is 2.00 bits per heavy atom. The van der Waals surface area contributed by atoms with E-state index in [2.05, 4.69) is 20.8 Å². The Kier molecular flexibility index (Phi) is 12.8. The van der Waals surface area contributed by atoms with Crippen molar-refractivity contribution in [2.24, 2.45) is 0 Å². The smallest absolute Gasteiger partial charge is 0.143 e. The average molecular weight is 328 g/mol. The number of aliphatic carboxylic acids is 1. The molecule has 1 N–H and O–H groups in total. The molecule has 23 heavy (non-hydrogen) atoms. The molecule has 0 radical (unpaired) electrons. The molecule has 0 aliphatic carbocycles. The van der Waals surface area contributed by atoms with E-state index >= 15 is 0 Å². The number of carbonyl (C=O) groups excluding carboxylic acids is 1. The van der Waals surface area contributed by atoms with Crippen molar-refractivity contribution in [1.29, 1.82) is 0 Å². The number of rotatable bonds is 15. The van der Waals surface area contributed by atoms with Crippen LogP contribution in [0.2, 0.25) is 0 Å². The summed E-state index contributed by atoms with van der Waals surface area (Å²) in [6, 6.07) is 0. The number of allylic oxidation sites excluding steroid dienone is 1. The lowest BCUT2D eigenvalue weighted by molar-refractivity contribution is -0.925. The molecule has 0 rings (SSSR count). The number of aliphatic hydroxyl groups excluding tert-OH is 1. The zero-order valence-corrected chi connectivity index (χ0v) is 15.5. The van der Waals surface area contributed by atoms with Crippen LogP contribution in [-0.2, 0) is 4.79 Å². The Morgan fingerprint density at radius 2 is 1.52 bits per heavy atom. The maximum atomic E-state index is 10.9. The number of carboxylic acids is 1. The quantitative estimate of drug-likeness (QED) is 0.284. The van der Waals surface area contributed by atoms with E-state index in [1.165, 1.54) is 12.8 Å². The SMILES string of the molecule is CCCCC/C=C(\O)C[N+](CCCC)(CCCC)CCC(=O)[O-]. The molecule has 0 amide bonds. The molecule has 0 aromatic rings. The fraction of sp³-hybridized carbons (Fsp3) is 0.842. The van der Waals surface area contributed by atoms with Crippen LogP contribution in [0.15, 0.2) is 11.8 Å². The molecule has 0 aliphatic rings. The van der Waals surface area contributed by atoms with E-state index in [4.69, 9.17) is 0 Å². The van der Waals surface area contributed by atoms with Gasteiger partial charge in [-0.15, -0.1) is 0 Å². The molecule has 0 aromatic heterocycles. The van der Waals surface area contributed by atoms with Gasteiger partial charge in [-0.05, 0) is 31.8 Å². The fourth-order valence-corrected chi connectivity index (χ4v) is 2.96. The standard InChI is InChI=1S/C19H37NO3/c1-4-7-10-11-12-18(21)17-20(14-8-5-2,15-9-6-3)16-13-19(22)23/h12H,4-11,13-17H2,1-3H3,(H-,21,22,23)/b18-12-. The van der Waals surface area contributed by atoms with Gasteiger partial charge in [0.05, 0.1) is 19.6 Å². The number of aliphatic hydroxyl groups is 1. The Hall–Kier alpha value is -1.03. The van der Waals surface area contributed by atoms with E-state index in [0.717, 1.165) is 51.6 Å². The number of unbranched alkanes of at least 4 members (excludes halogenated alkanes) is 5. The lowest BCUT2D eigenvalue weighted by Gasteiger charge is -2.39. The second-order valence-electron chi connectivity index (χ2n) is 6.69. The van der Waals surface area contributed by atoms with Crippen molar-refractivity contribution in [1.82, 2.24) is 0 Å². The molecule has 0 unspecified atom stereocenters. The monoisotopic (exact) mass is 327 g/mol. The summed E-state index contributed by atoms with van der Waals surface area (Å²) in [4.78, 5) is 10.9. The first-order valence-corrected chi connectivity index (χ1v) is 9.42. The van der Waals surface area contributed by atoms with Crippen molar-refractivity contribution >= 4 is 5.97 Å². The number of hydrogen-bond acceptors (Lipinski definition) is 3. The Labute approximate surface area is 142 Å². The van der Waals surface area contributed by atoms with Gasteiger partial charge >= 0.3 is 0 Å². The van der Waals surface area contributed by atoms with E-state index in [-0.39, 0.29) is 6.42 Å². The van der Waals surface area contributed by atoms with Crippen molar-refractivity contribution in [3.05, 3.63) is 11.8 Å². The molecule has 4 heteroatoms. The van der Waals surface area contributed by atoms with E-state index in [9.17, 15) is 15.0 Å². The van der Waals surface area contributed by atoms with Gasteiger partial charge in [-0.2, -0.15) is 0 Å². The molecular weight excluding hydrogens is 290 g/mol. The number of carboxylic acid groups (broad SMARTS) is 1. The maximum Gasteiger partial charge on any atom is 0.143 e. The van der Waals surface area contributed by atoms with Crippen LogP contribution in [0.4, 0.5) is 0 Å². The predicted octanol–water partition coefficient (Wildman–Crippen LogP) is 3.57. The third-order valence-corrected chi connectivity index (χ3v) is 4.45. The molecule has 0 aliphatic heterocycles. The third-order valence-electron chi connectivity index (χ3n) is 4.45. The van der Waals surface area contributed by atoms with Crippen molar-refractivity contribution in [3.8, 4) is 0 Å². The van der Waals surface area contributed by atoms with Gasteiger partial charge in [0.15, 0.2) is 0 Å². The van der Waals surface area contributed by atoms with Gasteiger partial charge in [-0.1, -0.05) is 46.5 Å². The molecular formula is C19H37NO3. The summed E-state index contributed by atoms with van der Waals surface area (Å²) in [6.45, 7) is 9.42. The first-order chi connectivity index (χ1) is 11.0. The molecule has 0 saturated heterocycles. The van der Waals surface area contributed by atoms with Crippen molar-refractivity contribution in [2.45, 2.75) is 78.6 Å². The normalized spacial score (nSPS) is 12.6. The second kappa shape index (κ2) is 13.4. The van der Waals surface area contributed by atoms with Gasteiger partial charge in [0, 0.05) is 12.4 Å². The number of nitrogens with zero attached hydrogens (tertiary/aromatic N) is 1. The van der Waals surface area contributed by atoms with Crippen molar-refractivity contribution < 1.29 is 19.5 Å². The minimum absolute atomic E-state index is 0.0660. The van der Waals surface area contributed by atoms with Crippen LogP contribution >= 0.6 is 0 Å². The second-order valence-corrected chi connectivity index (χ2v) is 6.69. The zero-order valence-electron chi connectivity index (χ0n) is 15.5. The summed E-state index contributed by atoms with van der Waals surface area (Å²) in [5.74, 6) is -0.571. The summed E-state index contributed by atoms with van der Waals surface area (Å²) in [5, 5.41) is 21.3. The summed E-state index contributed by atoms with van der Waals surface area (Å²) >= 11 is 0. The molecule has 0 saturated carbocycles. The van der Waals surface area contributed by atoms with Gasteiger partial charge in [0.2, 0.25) is 0 Å². The van der Waals surface area contributed by atoms with Gasteiger partial charge in [0.1, 0.15) is 12.3 Å². The van der Waals surface area contributed by atoms with E-state index < -0.39 is 5.97 Å². The third kappa shape index (κ3) is 11.2. The Morgan fingerprint density at radius 1 is 0.957 bits per heavy atom. The van der Waals surface area contributed by atoms with Crippen LogP contribution in [0.3, 0.4) is 0 Å². The first-order valence-electron chi connectivity index (χ1n) is 9.42. The number of carbonyl (C=O) groups is 1. The Bertz CT molecular complexity index is 332. The van der Waals surface area contributed by atoms with Crippen LogP contribution in [0.1, 0.15) is 78.6 Å². The van der Waals surface area contributed by atoms with Crippen molar-refractivity contribution in [2.75, 3.05) is 26.2 Å². The molecule has 0 spiro atoms. The van der Waals surface area contributed by atoms with Crippen LogP contribution in [-0.4, -0.2) is 41.7 Å². The van der Waals surface area contributed by atoms with Crippen LogP contribution in [0.25, 0.3) is 0 Å².